The fourth-order valence-electron chi connectivity index (χ4n) is 1.66. The van der Waals surface area contributed by atoms with Crippen molar-refractivity contribution in [2.45, 2.75) is 11.8 Å². The minimum Gasteiger partial charge on any atom is -0.207 e. The summed E-state index contributed by atoms with van der Waals surface area (Å²) < 4.78 is 13.7. The quantitative estimate of drug-likeness (QED) is 0.704. The molecule has 2 aromatic rings. The minimum atomic E-state index is -0.170. The summed E-state index contributed by atoms with van der Waals surface area (Å²) in [6.07, 6.45) is 0. The summed E-state index contributed by atoms with van der Waals surface area (Å²) in [5.74, 6) is -0.170. The van der Waals surface area contributed by atoms with Gasteiger partial charge in [-0.1, -0.05) is 64.0 Å². The minimum absolute atomic E-state index is 0.0893. The number of hydrogen-bond acceptors (Lipinski definition) is 0. The fourth-order valence-corrected chi connectivity index (χ4v) is 2.32. The van der Waals surface area contributed by atoms with Crippen molar-refractivity contribution in [2.24, 2.45) is 0 Å². The Hall–Kier alpha value is -1.15. The fraction of sp³-hybridized carbons (Fsp3) is 0.143. The zero-order chi connectivity index (χ0) is 11.5. The van der Waals surface area contributed by atoms with E-state index in [1.807, 2.05) is 43.3 Å². The molecule has 16 heavy (non-hydrogen) atoms. The number of rotatable bonds is 2. The first kappa shape index (κ1) is 11.3. The van der Waals surface area contributed by atoms with Gasteiger partial charge in [0.15, 0.2) is 0 Å². The van der Waals surface area contributed by atoms with Crippen molar-refractivity contribution in [3.05, 3.63) is 71.0 Å². The maximum atomic E-state index is 13.7. The van der Waals surface area contributed by atoms with Crippen LogP contribution in [0.2, 0.25) is 0 Å². The summed E-state index contributed by atoms with van der Waals surface area (Å²) in [7, 11) is 0. The molecular weight excluding hydrogens is 267 g/mol. The van der Waals surface area contributed by atoms with E-state index in [4.69, 9.17) is 0 Å². The van der Waals surface area contributed by atoms with Gasteiger partial charge in [-0.15, -0.1) is 0 Å². The zero-order valence-corrected chi connectivity index (χ0v) is 10.5. The van der Waals surface area contributed by atoms with Gasteiger partial charge in [-0.3, -0.25) is 0 Å². The molecule has 0 aliphatic heterocycles. The van der Waals surface area contributed by atoms with Gasteiger partial charge in [0.25, 0.3) is 0 Å². The van der Waals surface area contributed by atoms with Crippen LogP contribution in [0.25, 0.3) is 0 Å². The van der Waals surface area contributed by atoms with Gasteiger partial charge in [0.2, 0.25) is 0 Å². The first-order valence-corrected chi connectivity index (χ1v) is 6.05. The number of alkyl halides is 1. The molecular formula is C14H12BrF. The molecule has 0 saturated heterocycles. The number of hydrogen-bond donors (Lipinski definition) is 0. The first-order chi connectivity index (χ1) is 7.68. The van der Waals surface area contributed by atoms with Crippen molar-refractivity contribution in [3.63, 3.8) is 0 Å². The van der Waals surface area contributed by atoms with Crippen molar-refractivity contribution in [2.75, 3.05) is 0 Å². The highest BCUT2D eigenvalue weighted by Crippen LogP contribution is 2.32. The zero-order valence-electron chi connectivity index (χ0n) is 8.95. The molecule has 2 heteroatoms. The van der Waals surface area contributed by atoms with Crippen molar-refractivity contribution in [3.8, 4) is 0 Å². The van der Waals surface area contributed by atoms with Crippen molar-refractivity contribution in [1.29, 1.82) is 0 Å². The van der Waals surface area contributed by atoms with Gasteiger partial charge in [0.05, 0.1) is 4.83 Å². The van der Waals surface area contributed by atoms with E-state index in [1.165, 1.54) is 6.07 Å². The third-order valence-corrected chi connectivity index (χ3v) is 3.54. The highest BCUT2D eigenvalue weighted by molar-refractivity contribution is 9.09. The van der Waals surface area contributed by atoms with Crippen LogP contribution in [-0.4, -0.2) is 0 Å². The Kier molecular flexibility index (Phi) is 3.39. The van der Waals surface area contributed by atoms with E-state index in [0.29, 0.717) is 5.56 Å². The molecule has 0 bridgehead atoms. The van der Waals surface area contributed by atoms with E-state index in [-0.39, 0.29) is 10.6 Å². The molecule has 0 fully saturated rings. The average molecular weight is 279 g/mol. The predicted molar refractivity (Wildman–Crippen MR) is 68.3 cm³/mol. The van der Waals surface area contributed by atoms with Crippen LogP contribution in [0, 0.1) is 12.7 Å². The molecule has 0 N–H and O–H groups in total. The summed E-state index contributed by atoms with van der Waals surface area (Å²) in [6, 6.07) is 15.0. The van der Waals surface area contributed by atoms with Gasteiger partial charge in [0.1, 0.15) is 5.82 Å². The van der Waals surface area contributed by atoms with E-state index in [9.17, 15) is 4.39 Å². The molecule has 1 atom stereocenters. The molecule has 0 aliphatic rings. The Morgan fingerprint density at radius 2 is 1.75 bits per heavy atom. The van der Waals surface area contributed by atoms with Gasteiger partial charge in [0, 0.05) is 5.56 Å². The lowest BCUT2D eigenvalue weighted by Crippen LogP contribution is -1.96. The normalized spacial score (nSPS) is 12.4. The summed E-state index contributed by atoms with van der Waals surface area (Å²) >= 11 is 3.54. The van der Waals surface area contributed by atoms with Crippen molar-refractivity contribution < 1.29 is 4.39 Å². The van der Waals surface area contributed by atoms with Crippen LogP contribution in [0.3, 0.4) is 0 Å². The Balaban J connectivity index is 2.41. The smallest absolute Gasteiger partial charge is 0.127 e. The lowest BCUT2D eigenvalue weighted by Gasteiger charge is -2.12. The van der Waals surface area contributed by atoms with Crippen LogP contribution in [0.5, 0.6) is 0 Å². The predicted octanol–water partition coefficient (Wildman–Crippen LogP) is 4.62. The van der Waals surface area contributed by atoms with Crippen LogP contribution in [0.1, 0.15) is 21.5 Å². The van der Waals surface area contributed by atoms with Crippen LogP contribution in [-0.2, 0) is 0 Å². The van der Waals surface area contributed by atoms with Gasteiger partial charge >= 0.3 is 0 Å². The first-order valence-electron chi connectivity index (χ1n) is 5.13. The summed E-state index contributed by atoms with van der Waals surface area (Å²) in [6.45, 7) is 1.97. The molecule has 0 saturated carbocycles. The van der Waals surface area contributed by atoms with E-state index in [2.05, 4.69) is 15.9 Å². The lowest BCUT2D eigenvalue weighted by atomic mass is 10.0. The van der Waals surface area contributed by atoms with Crippen LogP contribution in [0.4, 0.5) is 4.39 Å². The number of halogens is 2. The molecule has 0 nitrogen and oxygen atoms in total. The third-order valence-electron chi connectivity index (χ3n) is 2.52. The number of benzene rings is 2. The molecule has 0 aliphatic carbocycles. The highest BCUT2D eigenvalue weighted by Gasteiger charge is 2.14. The summed E-state index contributed by atoms with van der Waals surface area (Å²) in [4.78, 5) is -0.0893. The van der Waals surface area contributed by atoms with Gasteiger partial charge < -0.3 is 0 Å². The standard InChI is InChI=1S/C14H12BrF/c1-10-7-8-13(16)12(9-10)14(15)11-5-3-2-4-6-11/h2-9,14H,1H3. The van der Waals surface area contributed by atoms with E-state index < -0.39 is 0 Å². The van der Waals surface area contributed by atoms with E-state index in [1.54, 1.807) is 6.07 Å². The Morgan fingerprint density at radius 3 is 2.44 bits per heavy atom. The molecule has 82 valence electrons. The van der Waals surface area contributed by atoms with Gasteiger partial charge in [-0.2, -0.15) is 0 Å². The molecule has 1 unspecified atom stereocenters. The Labute approximate surface area is 103 Å². The number of aryl methyl sites for hydroxylation is 1. The van der Waals surface area contributed by atoms with Crippen molar-refractivity contribution >= 4 is 15.9 Å². The maximum absolute atomic E-state index is 13.7. The SMILES string of the molecule is Cc1ccc(F)c(C(Br)c2ccccc2)c1. The summed E-state index contributed by atoms with van der Waals surface area (Å²) in [5, 5.41) is 0. The molecule has 2 rings (SSSR count). The maximum Gasteiger partial charge on any atom is 0.127 e. The van der Waals surface area contributed by atoms with Gasteiger partial charge in [-0.05, 0) is 18.6 Å². The Bertz CT molecular complexity index is 479. The second-order valence-corrected chi connectivity index (χ2v) is 4.71. The average Bonchev–Trinajstić information content (AvgIpc) is 2.32. The van der Waals surface area contributed by atoms with Crippen LogP contribution in [0.15, 0.2) is 48.5 Å². The molecule has 0 spiro atoms. The second-order valence-electron chi connectivity index (χ2n) is 3.80. The van der Waals surface area contributed by atoms with Crippen LogP contribution >= 0.6 is 15.9 Å². The molecule has 0 heterocycles. The van der Waals surface area contributed by atoms with E-state index >= 15 is 0 Å². The van der Waals surface area contributed by atoms with Crippen molar-refractivity contribution in [1.82, 2.24) is 0 Å². The topological polar surface area (TPSA) is 0 Å². The molecule has 0 amide bonds. The lowest BCUT2D eigenvalue weighted by molar-refractivity contribution is 0.613. The highest BCUT2D eigenvalue weighted by atomic mass is 79.9. The molecule has 0 radical (unpaired) electrons. The Morgan fingerprint density at radius 1 is 1.06 bits per heavy atom. The van der Waals surface area contributed by atoms with E-state index in [0.717, 1.165) is 11.1 Å². The van der Waals surface area contributed by atoms with Gasteiger partial charge in [-0.25, -0.2) is 4.39 Å². The third kappa shape index (κ3) is 2.33. The second kappa shape index (κ2) is 4.79. The summed E-state index contributed by atoms with van der Waals surface area (Å²) in [5.41, 5.74) is 2.81. The monoisotopic (exact) mass is 278 g/mol. The molecule has 0 aromatic heterocycles. The largest absolute Gasteiger partial charge is 0.207 e. The van der Waals surface area contributed by atoms with Crippen LogP contribution < -0.4 is 0 Å². The molecule has 2 aromatic carbocycles.